The number of sulfonamides is 1. The molecule has 1 aromatic carbocycles. The second-order valence-electron chi connectivity index (χ2n) is 6.16. The van der Waals surface area contributed by atoms with E-state index >= 15 is 0 Å². The second kappa shape index (κ2) is 6.49. The molecule has 6 nitrogen and oxygen atoms in total. The summed E-state index contributed by atoms with van der Waals surface area (Å²) in [5, 5.41) is 4.17. The van der Waals surface area contributed by atoms with Gasteiger partial charge in [-0.1, -0.05) is 18.6 Å². The third kappa shape index (κ3) is 3.14. The van der Waals surface area contributed by atoms with Crippen LogP contribution in [0.25, 0.3) is 0 Å². The number of rotatable bonds is 4. The van der Waals surface area contributed by atoms with Gasteiger partial charge in [0, 0.05) is 30.9 Å². The highest BCUT2D eigenvalue weighted by Gasteiger charge is 2.35. The molecule has 1 aliphatic heterocycles. The molecule has 7 heteroatoms. The summed E-state index contributed by atoms with van der Waals surface area (Å²) in [7, 11) is -1.84. The molecule has 1 atom stereocenters. The monoisotopic (exact) mass is 347 g/mol. The molecule has 128 valence electrons. The SMILES string of the molecule is CC(=O)c1cccc(S(=O)(=O)N2CCCCC2c2cnn(C)c2)c1. The van der Waals surface area contributed by atoms with Crippen LogP contribution in [0.3, 0.4) is 0 Å². The predicted octanol–water partition coefficient (Wildman–Crippen LogP) is 2.54. The summed E-state index contributed by atoms with van der Waals surface area (Å²) in [6, 6.07) is 6.06. The zero-order valence-corrected chi connectivity index (χ0v) is 14.7. The normalized spacial score (nSPS) is 19.3. The molecule has 0 amide bonds. The molecule has 24 heavy (non-hydrogen) atoms. The van der Waals surface area contributed by atoms with Gasteiger partial charge in [0.15, 0.2) is 5.78 Å². The first kappa shape index (κ1) is 16.9. The fourth-order valence-electron chi connectivity index (χ4n) is 3.15. The van der Waals surface area contributed by atoms with Crippen LogP contribution in [0.1, 0.15) is 48.1 Å². The largest absolute Gasteiger partial charge is 0.295 e. The zero-order valence-electron chi connectivity index (χ0n) is 13.8. The highest BCUT2D eigenvalue weighted by molar-refractivity contribution is 7.89. The average molecular weight is 347 g/mol. The molecule has 0 bridgehead atoms. The van der Waals surface area contributed by atoms with Crippen LogP contribution in [0.4, 0.5) is 0 Å². The number of carbonyl (C=O) groups excluding carboxylic acids is 1. The molecule has 2 heterocycles. The Morgan fingerprint density at radius 2 is 2.08 bits per heavy atom. The molecule has 1 saturated heterocycles. The van der Waals surface area contributed by atoms with Crippen LogP contribution in [0.15, 0.2) is 41.6 Å². The van der Waals surface area contributed by atoms with Crippen LogP contribution < -0.4 is 0 Å². The van der Waals surface area contributed by atoms with Crippen molar-refractivity contribution in [3.8, 4) is 0 Å². The molecule has 0 radical (unpaired) electrons. The summed E-state index contributed by atoms with van der Waals surface area (Å²) in [5.41, 5.74) is 1.31. The van der Waals surface area contributed by atoms with E-state index in [0.717, 1.165) is 24.8 Å². The number of Topliss-reactive ketones (excluding diaryl/α,β-unsaturated/α-hetero) is 1. The van der Waals surface area contributed by atoms with E-state index in [9.17, 15) is 13.2 Å². The van der Waals surface area contributed by atoms with E-state index in [4.69, 9.17) is 0 Å². The number of nitrogens with zero attached hydrogens (tertiary/aromatic N) is 3. The standard InChI is InChI=1S/C17H21N3O3S/c1-13(21)14-6-5-7-16(10-14)24(22,23)20-9-4-3-8-17(20)15-11-18-19(2)12-15/h5-7,10-12,17H,3-4,8-9H2,1-2H3. The Kier molecular flexibility index (Phi) is 4.56. The Balaban J connectivity index is 2.00. The first-order valence-corrected chi connectivity index (χ1v) is 9.45. The van der Waals surface area contributed by atoms with E-state index in [0.29, 0.717) is 12.1 Å². The number of hydrogen-bond acceptors (Lipinski definition) is 4. The maximum absolute atomic E-state index is 13.1. The number of piperidine rings is 1. The Hall–Kier alpha value is -1.99. The Labute approximate surface area is 142 Å². The van der Waals surface area contributed by atoms with Crippen molar-refractivity contribution in [2.75, 3.05) is 6.54 Å². The average Bonchev–Trinajstić information content (AvgIpc) is 3.01. The minimum Gasteiger partial charge on any atom is -0.295 e. The van der Waals surface area contributed by atoms with Crippen molar-refractivity contribution in [3.63, 3.8) is 0 Å². The van der Waals surface area contributed by atoms with Crippen molar-refractivity contribution in [1.82, 2.24) is 14.1 Å². The molecule has 1 aromatic heterocycles. The van der Waals surface area contributed by atoms with Gasteiger partial charge in [0.1, 0.15) is 0 Å². The highest BCUT2D eigenvalue weighted by Crippen LogP contribution is 2.35. The van der Waals surface area contributed by atoms with Crippen molar-refractivity contribution in [2.24, 2.45) is 7.05 Å². The summed E-state index contributed by atoms with van der Waals surface area (Å²) in [6.07, 6.45) is 6.19. The van der Waals surface area contributed by atoms with E-state index < -0.39 is 10.0 Å². The predicted molar refractivity (Wildman–Crippen MR) is 90.1 cm³/mol. The molecule has 1 fully saturated rings. The number of hydrogen-bond donors (Lipinski definition) is 0. The van der Waals surface area contributed by atoms with Gasteiger partial charge in [0.25, 0.3) is 0 Å². The van der Waals surface area contributed by atoms with Crippen LogP contribution in [-0.4, -0.2) is 34.8 Å². The molecule has 1 unspecified atom stereocenters. The molecule has 0 N–H and O–H groups in total. The maximum Gasteiger partial charge on any atom is 0.243 e. The zero-order chi connectivity index (χ0) is 17.3. The number of benzene rings is 1. The lowest BCUT2D eigenvalue weighted by Crippen LogP contribution is -2.38. The third-order valence-corrected chi connectivity index (χ3v) is 6.31. The fourth-order valence-corrected chi connectivity index (χ4v) is 4.88. The van der Waals surface area contributed by atoms with Gasteiger partial charge in [-0.05, 0) is 31.9 Å². The lowest BCUT2D eigenvalue weighted by Gasteiger charge is -2.34. The maximum atomic E-state index is 13.1. The minimum atomic E-state index is -3.66. The van der Waals surface area contributed by atoms with E-state index in [1.54, 1.807) is 33.4 Å². The van der Waals surface area contributed by atoms with E-state index in [1.165, 1.54) is 13.0 Å². The van der Waals surface area contributed by atoms with E-state index in [1.807, 2.05) is 13.2 Å². The first-order chi connectivity index (χ1) is 11.4. The molecular formula is C17H21N3O3S. The molecule has 2 aromatic rings. The summed E-state index contributed by atoms with van der Waals surface area (Å²) in [4.78, 5) is 11.7. The molecule has 3 rings (SSSR count). The summed E-state index contributed by atoms with van der Waals surface area (Å²) < 4.78 is 29.5. The summed E-state index contributed by atoms with van der Waals surface area (Å²) in [5.74, 6) is -0.144. The van der Waals surface area contributed by atoms with E-state index in [-0.39, 0.29) is 16.7 Å². The Morgan fingerprint density at radius 3 is 2.75 bits per heavy atom. The van der Waals surface area contributed by atoms with Gasteiger partial charge in [0.2, 0.25) is 10.0 Å². The van der Waals surface area contributed by atoms with Crippen molar-refractivity contribution in [3.05, 3.63) is 47.8 Å². The molecule has 1 aliphatic rings. The number of aryl methyl sites for hydroxylation is 1. The molecule has 0 aliphatic carbocycles. The van der Waals surface area contributed by atoms with Gasteiger partial charge in [-0.15, -0.1) is 0 Å². The second-order valence-corrected chi connectivity index (χ2v) is 8.05. The van der Waals surface area contributed by atoms with Crippen molar-refractivity contribution in [1.29, 1.82) is 0 Å². The third-order valence-electron chi connectivity index (χ3n) is 4.41. The quantitative estimate of drug-likeness (QED) is 0.797. The number of aromatic nitrogens is 2. The molecule has 0 spiro atoms. The lowest BCUT2D eigenvalue weighted by molar-refractivity contribution is 0.101. The van der Waals surface area contributed by atoms with Crippen molar-refractivity contribution < 1.29 is 13.2 Å². The van der Waals surface area contributed by atoms with Crippen LogP contribution in [0, 0.1) is 0 Å². The first-order valence-electron chi connectivity index (χ1n) is 8.01. The van der Waals surface area contributed by atoms with Crippen LogP contribution in [-0.2, 0) is 17.1 Å². The van der Waals surface area contributed by atoms with Crippen molar-refractivity contribution in [2.45, 2.75) is 37.1 Å². The fraction of sp³-hybridized carbons (Fsp3) is 0.412. The lowest BCUT2D eigenvalue weighted by atomic mass is 10.0. The van der Waals surface area contributed by atoms with Crippen molar-refractivity contribution >= 4 is 15.8 Å². The Bertz CT molecular complexity index is 857. The smallest absolute Gasteiger partial charge is 0.243 e. The van der Waals surface area contributed by atoms with Crippen LogP contribution in [0.5, 0.6) is 0 Å². The van der Waals surface area contributed by atoms with E-state index in [2.05, 4.69) is 5.10 Å². The van der Waals surface area contributed by atoms with Crippen LogP contribution >= 0.6 is 0 Å². The topological polar surface area (TPSA) is 72.3 Å². The van der Waals surface area contributed by atoms with Gasteiger partial charge >= 0.3 is 0 Å². The van der Waals surface area contributed by atoms with Gasteiger partial charge in [-0.25, -0.2) is 8.42 Å². The highest BCUT2D eigenvalue weighted by atomic mass is 32.2. The minimum absolute atomic E-state index is 0.144. The van der Waals surface area contributed by atoms with Gasteiger partial charge in [-0.2, -0.15) is 9.40 Å². The summed E-state index contributed by atoms with van der Waals surface area (Å²) in [6.45, 7) is 1.91. The van der Waals surface area contributed by atoms with Gasteiger partial charge in [0.05, 0.1) is 17.1 Å². The number of ketones is 1. The molecular weight excluding hydrogens is 326 g/mol. The Morgan fingerprint density at radius 1 is 1.29 bits per heavy atom. The van der Waals surface area contributed by atoms with Gasteiger partial charge in [-0.3, -0.25) is 9.48 Å². The summed E-state index contributed by atoms with van der Waals surface area (Å²) >= 11 is 0. The number of carbonyl (C=O) groups is 1. The van der Waals surface area contributed by atoms with Gasteiger partial charge < -0.3 is 0 Å². The molecule has 0 saturated carbocycles. The van der Waals surface area contributed by atoms with Crippen LogP contribution in [0.2, 0.25) is 0 Å².